The average Bonchev–Trinajstić information content (AvgIpc) is 3.55. The van der Waals surface area contributed by atoms with Crippen molar-refractivity contribution < 1.29 is 4.42 Å². The molecule has 0 aliphatic carbocycles. The van der Waals surface area contributed by atoms with Crippen molar-refractivity contribution in [2.75, 3.05) is 4.90 Å². The normalized spacial score (nSPS) is 11.3. The fourth-order valence-electron chi connectivity index (χ4n) is 7.10. The molecule has 0 bridgehead atoms. The van der Waals surface area contributed by atoms with E-state index in [-0.39, 0.29) is 0 Å². The molecule has 0 atom stereocenters. The summed E-state index contributed by atoms with van der Waals surface area (Å²) in [4.78, 5) is 2.41. The van der Waals surface area contributed by atoms with E-state index in [4.69, 9.17) is 4.42 Å². The third-order valence-corrected chi connectivity index (χ3v) is 9.28. The van der Waals surface area contributed by atoms with Crippen LogP contribution in [0.2, 0.25) is 0 Å². The smallest absolute Gasteiger partial charge is 0.137 e. The van der Waals surface area contributed by atoms with E-state index in [1.165, 1.54) is 38.6 Å². The minimum Gasteiger partial charge on any atom is -0.456 e. The van der Waals surface area contributed by atoms with Crippen molar-refractivity contribution in [3.8, 4) is 33.4 Å². The topological polar surface area (TPSA) is 16.4 Å². The van der Waals surface area contributed by atoms with Gasteiger partial charge in [-0.15, -0.1) is 0 Å². The molecule has 2 heteroatoms. The van der Waals surface area contributed by atoms with Gasteiger partial charge in [0.25, 0.3) is 0 Å². The lowest BCUT2D eigenvalue weighted by Crippen LogP contribution is -2.11. The van der Waals surface area contributed by atoms with Gasteiger partial charge in [-0.25, -0.2) is 0 Å². The van der Waals surface area contributed by atoms with Crippen molar-refractivity contribution in [1.82, 2.24) is 0 Å². The van der Waals surface area contributed by atoms with Crippen LogP contribution in [0.5, 0.6) is 0 Å². The highest BCUT2D eigenvalue weighted by molar-refractivity contribution is 6.14. The maximum atomic E-state index is 6.41. The molecule has 0 unspecified atom stereocenters. The van der Waals surface area contributed by atoms with E-state index in [0.717, 1.165) is 44.6 Å². The first-order valence-electron chi connectivity index (χ1n) is 16.4. The third kappa shape index (κ3) is 4.74. The van der Waals surface area contributed by atoms with Crippen LogP contribution < -0.4 is 4.90 Å². The Balaban J connectivity index is 1.32. The Morgan fingerprint density at radius 3 is 1.73 bits per heavy atom. The van der Waals surface area contributed by atoms with Crippen LogP contribution in [0.25, 0.3) is 66.1 Å². The van der Waals surface area contributed by atoms with E-state index in [1.54, 1.807) is 0 Å². The van der Waals surface area contributed by atoms with E-state index >= 15 is 0 Å². The van der Waals surface area contributed by atoms with Crippen LogP contribution in [0.4, 0.5) is 17.1 Å². The van der Waals surface area contributed by atoms with Gasteiger partial charge in [0.1, 0.15) is 11.2 Å². The van der Waals surface area contributed by atoms with E-state index < -0.39 is 0 Å². The molecule has 9 rings (SSSR count). The van der Waals surface area contributed by atoms with Crippen molar-refractivity contribution in [3.63, 3.8) is 0 Å². The lowest BCUT2D eigenvalue weighted by atomic mass is 9.88. The number of anilines is 3. The highest BCUT2D eigenvalue weighted by atomic mass is 16.3. The summed E-state index contributed by atoms with van der Waals surface area (Å²) < 4.78 is 6.41. The second-order valence-electron chi connectivity index (χ2n) is 12.1. The Bertz CT molecular complexity index is 2580. The molecule has 0 aliphatic rings. The lowest BCUT2D eigenvalue weighted by molar-refractivity contribution is 0.669. The summed E-state index contributed by atoms with van der Waals surface area (Å²) in [5.74, 6) is 0. The van der Waals surface area contributed by atoms with Crippen molar-refractivity contribution >= 4 is 49.8 Å². The first-order valence-corrected chi connectivity index (χ1v) is 16.4. The maximum absolute atomic E-state index is 6.41. The number of furan rings is 1. The van der Waals surface area contributed by atoms with Gasteiger partial charge in [0.15, 0.2) is 0 Å². The largest absolute Gasteiger partial charge is 0.456 e. The maximum Gasteiger partial charge on any atom is 0.137 e. The molecule has 0 radical (unpaired) electrons. The molecule has 1 aromatic heterocycles. The van der Waals surface area contributed by atoms with Crippen molar-refractivity contribution in [3.05, 3.63) is 188 Å². The Labute approximate surface area is 279 Å². The minimum absolute atomic E-state index is 0.870. The third-order valence-electron chi connectivity index (χ3n) is 9.28. The number of hydrogen-bond acceptors (Lipinski definition) is 2. The van der Waals surface area contributed by atoms with E-state index in [2.05, 4.69) is 181 Å². The lowest BCUT2D eigenvalue weighted by Gasteiger charge is -2.29. The molecule has 1 heterocycles. The highest BCUT2D eigenvalue weighted by Crippen LogP contribution is 2.48. The van der Waals surface area contributed by atoms with Crippen LogP contribution in [0.3, 0.4) is 0 Å². The summed E-state index contributed by atoms with van der Waals surface area (Å²) in [7, 11) is 0. The molecule has 0 saturated heterocycles. The van der Waals surface area contributed by atoms with E-state index in [0.29, 0.717) is 0 Å². The Morgan fingerprint density at radius 2 is 0.917 bits per heavy atom. The quantitative estimate of drug-likeness (QED) is 0.185. The summed E-state index contributed by atoms with van der Waals surface area (Å²) in [6.45, 7) is 0. The number of hydrogen-bond donors (Lipinski definition) is 0. The predicted octanol–water partition coefficient (Wildman–Crippen LogP) is 13.2. The molecule has 0 fully saturated rings. The van der Waals surface area contributed by atoms with Crippen LogP contribution in [0.1, 0.15) is 0 Å². The molecule has 48 heavy (non-hydrogen) atoms. The first kappa shape index (κ1) is 27.9. The van der Waals surface area contributed by atoms with Gasteiger partial charge in [0.2, 0.25) is 0 Å². The van der Waals surface area contributed by atoms with Gasteiger partial charge in [-0.1, -0.05) is 152 Å². The van der Waals surface area contributed by atoms with Crippen LogP contribution in [0, 0.1) is 0 Å². The van der Waals surface area contributed by atoms with Crippen molar-refractivity contribution in [2.24, 2.45) is 0 Å². The van der Waals surface area contributed by atoms with Gasteiger partial charge in [-0.3, -0.25) is 0 Å². The highest BCUT2D eigenvalue weighted by Gasteiger charge is 2.23. The van der Waals surface area contributed by atoms with Gasteiger partial charge in [0.05, 0.1) is 16.8 Å². The second kappa shape index (κ2) is 11.8. The zero-order valence-electron chi connectivity index (χ0n) is 26.3. The number of para-hydroxylation sites is 2. The zero-order valence-corrected chi connectivity index (χ0v) is 26.3. The number of benzene rings is 8. The first-order chi connectivity index (χ1) is 23.8. The molecule has 0 amide bonds. The summed E-state index contributed by atoms with van der Waals surface area (Å²) in [5, 5.41) is 4.60. The van der Waals surface area contributed by atoms with Gasteiger partial charge in [-0.05, 0) is 75.0 Å². The Kier molecular flexibility index (Phi) is 6.84. The van der Waals surface area contributed by atoms with Crippen LogP contribution in [-0.4, -0.2) is 0 Å². The number of nitrogens with zero attached hydrogens (tertiary/aromatic N) is 1. The van der Waals surface area contributed by atoms with Crippen molar-refractivity contribution in [2.45, 2.75) is 0 Å². The predicted molar refractivity (Wildman–Crippen MR) is 202 cm³/mol. The van der Waals surface area contributed by atoms with Crippen LogP contribution in [0.15, 0.2) is 192 Å². The molecular weight excluding hydrogens is 583 g/mol. The van der Waals surface area contributed by atoms with Gasteiger partial charge >= 0.3 is 0 Å². The van der Waals surface area contributed by atoms with Crippen LogP contribution in [-0.2, 0) is 0 Å². The van der Waals surface area contributed by atoms with E-state index in [9.17, 15) is 0 Å². The van der Waals surface area contributed by atoms with Crippen LogP contribution >= 0.6 is 0 Å². The Hall–Kier alpha value is -6.38. The molecule has 0 spiro atoms. The molecule has 9 aromatic rings. The monoisotopic (exact) mass is 613 g/mol. The zero-order chi connectivity index (χ0) is 31.9. The van der Waals surface area contributed by atoms with E-state index in [1.807, 2.05) is 12.1 Å². The molecule has 0 aliphatic heterocycles. The summed E-state index contributed by atoms with van der Waals surface area (Å²) >= 11 is 0. The molecule has 8 aromatic carbocycles. The standard InChI is InChI=1S/C46H31NO/c1-2-16-33(17-3-1)36-19-6-7-20-37(36)38-21-8-9-22-39(38)40-23-10-12-25-42(40)47(35-30-29-32-15-4-5-18-34(32)31-35)43-26-14-28-45-46(43)41-24-11-13-27-44(41)48-45/h1-31H. The van der Waals surface area contributed by atoms with Crippen molar-refractivity contribution in [1.29, 1.82) is 0 Å². The fourth-order valence-corrected chi connectivity index (χ4v) is 7.10. The summed E-state index contributed by atoms with van der Waals surface area (Å²) in [6, 6.07) is 67.0. The fraction of sp³-hybridized carbons (Fsp3) is 0. The summed E-state index contributed by atoms with van der Waals surface area (Å²) in [6.07, 6.45) is 0. The van der Waals surface area contributed by atoms with Gasteiger partial charge in [-0.2, -0.15) is 0 Å². The molecule has 0 saturated carbocycles. The molecule has 0 N–H and O–H groups in total. The average molecular weight is 614 g/mol. The second-order valence-corrected chi connectivity index (χ2v) is 12.1. The Morgan fingerprint density at radius 1 is 0.354 bits per heavy atom. The summed E-state index contributed by atoms with van der Waals surface area (Å²) in [5.41, 5.74) is 12.1. The number of rotatable bonds is 6. The number of fused-ring (bicyclic) bond motifs is 4. The minimum atomic E-state index is 0.870. The molecule has 2 nitrogen and oxygen atoms in total. The SMILES string of the molecule is c1ccc(-c2ccccc2-c2ccccc2-c2ccccc2N(c2ccc3ccccc3c2)c2cccc3oc4ccccc4c23)cc1. The van der Waals surface area contributed by atoms with Gasteiger partial charge in [0, 0.05) is 16.6 Å². The molecule has 226 valence electrons. The van der Waals surface area contributed by atoms with Gasteiger partial charge < -0.3 is 9.32 Å². The molecular formula is C46H31NO.